The van der Waals surface area contributed by atoms with E-state index in [0.29, 0.717) is 5.76 Å². The first-order chi connectivity index (χ1) is 21.0. The number of nitrogens with zero attached hydrogens (tertiary/aromatic N) is 2. The zero-order valence-electron chi connectivity index (χ0n) is 24.4. The zero-order chi connectivity index (χ0) is 32.1. The number of likely N-dealkylation sites (N-methyl/N-ethyl adjacent to an activating group) is 1. The monoisotopic (exact) mass is 640 g/mol. The number of aromatic nitrogens is 1. The molecule has 3 aromatic rings. The number of carbonyl (C=O) groups excluding carboxylic acids is 2. The summed E-state index contributed by atoms with van der Waals surface area (Å²) in [6, 6.07) is 12.4. The number of ether oxygens (including phenoxy) is 1. The molecule has 0 saturated carbocycles. The molecule has 1 aromatic heterocycles. The molecule has 0 saturated heterocycles. The molecule has 13 nitrogen and oxygen atoms in total. The highest BCUT2D eigenvalue weighted by molar-refractivity contribution is 7.48. The van der Waals surface area contributed by atoms with Crippen LogP contribution in [0.2, 0.25) is 0 Å². The van der Waals surface area contributed by atoms with Crippen LogP contribution in [-0.2, 0) is 29.4 Å². The number of hydrogen-bond acceptors (Lipinski definition) is 10. The smallest absolute Gasteiger partial charge is 0.447 e. The number of anilines is 1. The van der Waals surface area contributed by atoms with Gasteiger partial charge in [-0.1, -0.05) is 47.6 Å². The highest BCUT2D eigenvalue weighted by Crippen LogP contribution is 2.49. The number of rotatable bonds is 16. The summed E-state index contributed by atoms with van der Waals surface area (Å²) in [6.45, 7) is 2.00. The standard InChI is InChI=1S/C28H35F2N4O9P/c1-4-40-44(38,41-5-2)42-18-22(35)14-21(34(3)27(36)31-16-20-12-9-13-23(29)26(20)30)17-39-28(37)32-25-15-24(43-33-25)19-10-7-6-8-11-19/h6-13,15,21-22,35H,4-5,14,16-18H2,1-3H3,(H,31,36)(H,32,33,37)/t21-,22+/m0/s1. The summed E-state index contributed by atoms with van der Waals surface area (Å²) in [6.07, 6.45) is -2.46. The van der Waals surface area contributed by atoms with Crippen LogP contribution >= 0.6 is 7.82 Å². The van der Waals surface area contributed by atoms with Crippen LogP contribution in [0.3, 0.4) is 0 Å². The first-order valence-electron chi connectivity index (χ1n) is 13.7. The number of phosphoric ester groups is 1. The lowest BCUT2D eigenvalue weighted by Gasteiger charge is -2.30. The second-order valence-electron chi connectivity index (χ2n) is 9.27. The molecule has 2 atom stereocenters. The topological polar surface area (TPSA) is 162 Å². The average Bonchev–Trinajstić information content (AvgIpc) is 3.47. The predicted molar refractivity (Wildman–Crippen MR) is 154 cm³/mol. The van der Waals surface area contributed by atoms with Gasteiger partial charge in [-0.15, -0.1) is 0 Å². The van der Waals surface area contributed by atoms with Gasteiger partial charge >= 0.3 is 19.9 Å². The van der Waals surface area contributed by atoms with E-state index in [1.165, 1.54) is 25.2 Å². The van der Waals surface area contributed by atoms with E-state index in [-0.39, 0.29) is 37.6 Å². The summed E-state index contributed by atoms with van der Waals surface area (Å²) in [5.74, 6) is -1.69. The lowest BCUT2D eigenvalue weighted by Crippen LogP contribution is -2.47. The van der Waals surface area contributed by atoms with Crippen molar-refractivity contribution in [3.05, 3.63) is 71.8 Å². The van der Waals surface area contributed by atoms with E-state index in [1.54, 1.807) is 26.0 Å². The molecule has 240 valence electrons. The molecule has 0 aliphatic rings. The third kappa shape index (κ3) is 10.4. The van der Waals surface area contributed by atoms with Crippen molar-refractivity contribution in [1.82, 2.24) is 15.4 Å². The van der Waals surface area contributed by atoms with Crippen molar-refractivity contribution in [2.75, 3.05) is 38.8 Å². The maximum absolute atomic E-state index is 14.1. The van der Waals surface area contributed by atoms with E-state index in [4.69, 9.17) is 22.8 Å². The van der Waals surface area contributed by atoms with Gasteiger partial charge in [-0.3, -0.25) is 18.9 Å². The van der Waals surface area contributed by atoms with E-state index < -0.39 is 56.9 Å². The van der Waals surface area contributed by atoms with Gasteiger partial charge in [-0.25, -0.2) is 22.9 Å². The van der Waals surface area contributed by atoms with Crippen LogP contribution in [0.1, 0.15) is 25.8 Å². The third-order valence-electron chi connectivity index (χ3n) is 6.08. The van der Waals surface area contributed by atoms with E-state index in [2.05, 4.69) is 15.8 Å². The second-order valence-corrected chi connectivity index (χ2v) is 10.9. The number of aliphatic hydroxyl groups excluding tert-OH is 1. The number of benzene rings is 2. The van der Waals surface area contributed by atoms with Crippen molar-refractivity contribution >= 4 is 25.8 Å². The molecule has 0 bridgehead atoms. The Morgan fingerprint density at radius 3 is 2.43 bits per heavy atom. The van der Waals surface area contributed by atoms with Crippen molar-refractivity contribution in [3.8, 4) is 11.3 Å². The summed E-state index contributed by atoms with van der Waals surface area (Å²) >= 11 is 0. The number of hydrogen-bond donors (Lipinski definition) is 3. The molecule has 44 heavy (non-hydrogen) atoms. The van der Waals surface area contributed by atoms with Gasteiger partial charge in [0.05, 0.1) is 32.0 Å². The molecule has 0 aliphatic carbocycles. The predicted octanol–water partition coefficient (Wildman–Crippen LogP) is 5.33. The molecule has 0 fully saturated rings. The van der Waals surface area contributed by atoms with E-state index in [9.17, 15) is 28.0 Å². The fourth-order valence-electron chi connectivity index (χ4n) is 3.86. The van der Waals surface area contributed by atoms with Crippen LogP contribution in [0, 0.1) is 11.6 Å². The van der Waals surface area contributed by atoms with Gasteiger partial charge < -0.3 is 24.6 Å². The summed E-state index contributed by atoms with van der Waals surface area (Å²) in [7, 11) is -2.58. The van der Waals surface area contributed by atoms with Crippen LogP contribution in [0.25, 0.3) is 11.3 Å². The maximum atomic E-state index is 14.1. The molecule has 0 radical (unpaired) electrons. The molecule has 3 amide bonds. The number of urea groups is 1. The van der Waals surface area contributed by atoms with Crippen LogP contribution in [0.15, 0.2) is 59.1 Å². The molecule has 3 rings (SSSR count). The van der Waals surface area contributed by atoms with Gasteiger partial charge in [0.2, 0.25) is 0 Å². The minimum absolute atomic E-state index is 0.0339. The lowest BCUT2D eigenvalue weighted by atomic mass is 10.1. The van der Waals surface area contributed by atoms with Crippen LogP contribution in [-0.4, -0.2) is 72.9 Å². The van der Waals surface area contributed by atoms with Crippen LogP contribution < -0.4 is 10.6 Å². The van der Waals surface area contributed by atoms with Crippen molar-refractivity contribution < 1.29 is 50.9 Å². The van der Waals surface area contributed by atoms with Gasteiger partial charge in [0.25, 0.3) is 0 Å². The Balaban J connectivity index is 1.65. The van der Waals surface area contributed by atoms with Crippen molar-refractivity contribution in [1.29, 1.82) is 0 Å². The average molecular weight is 641 g/mol. The van der Waals surface area contributed by atoms with Gasteiger partial charge in [0.1, 0.15) is 6.61 Å². The Labute approximate surface area is 253 Å². The quantitative estimate of drug-likeness (QED) is 0.175. The fourth-order valence-corrected chi connectivity index (χ4v) is 5.07. The molecule has 2 aromatic carbocycles. The minimum Gasteiger partial charge on any atom is -0.447 e. The number of carbonyl (C=O) groups is 2. The van der Waals surface area contributed by atoms with Crippen LogP contribution in [0.4, 0.5) is 24.2 Å². The Kier molecular flexibility index (Phi) is 13.2. The number of phosphoric acid groups is 1. The second kappa shape index (κ2) is 16.8. The zero-order valence-corrected chi connectivity index (χ0v) is 25.3. The summed E-state index contributed by atoms with van der Waals surface area (Å²) in [4.78, 5) is 26.6. The first kappa shape index (κ1) is 34.6. The number of halogens is 2. The first-order valence-corrected chi connectivity index (χ1v) is 15.1. The molecular weight excluding hydrogens is 605 g/mol. The molecule has 0 unspecified atom stereocenters. The number of nitrogens with one attached hydrogen (secondary N) is 2. The third-order valence-corrected chi connectivity index (χ3v) is 7.69. The normalized spacial score (nSPS) is 12.8. The van der Waals surface area contributed by atoms with Gasteiger partial charge in [-0.05, 0) is 26.3 Å². The number of aliphatic hydroxyl groups is 1. The van der Waals surface area contributed by atoms with Crippen molar-refractivity contribution in [2.24, 2.45) is 0 Å². The summed E-state index contributed by atoms with van der Waals surface area (Å²) < 4.78 is 66.1. The van der Waals surface area contributed by atoms with E-state index in [1.807, 2.05) is 18.2 Å². The van der Waals surface area contributed by atoms with Crippen molar-refractivity contribution in [3.63, 3.8) is 0 Å². The lowest BCUT2D eigenvalue weighted by molar-refractivity contribution is 0.0353. The van der Waals surface area contributed by atoms with E-state index >= 15 is 0 Å². The largest absolute Gasteiger partial charge is 0.474 e. The molecule has 3 N–H and O–H groups in total. The Morgan fingerprint density at radius 1 is 1.05 bits per heavy atom. The summed E-state index contributed by atoms with van der Waals surface area (Å²) in [5, 5.41) is 19.3. The highest BCUT2D eigenvalue weighted by atomic mass is 31.2. The summed E-state index contributed by atoms with van der Waals surface area (Å²) in [5.41, 5.74) is 0.652. The molecule has 0 aliphatic heterocycles. The van der Waals surface area contributed by atoms with E-state index in [0.717, 1.165) is 16.5 Å². The Hall–Kier alpha value is -3.88. The molecular formula is C28H35F2N4O9P. The molecule has 16 heteroatoms. The molecule has 1 heterocycles. The Morgan fingerprint density at radius 2 is 1.75 bits per heavy atom. The van der Waals surface area contributed by atoms with Gasteiger partial charge in [-0.2, -0.15) is 0 Å². The van der Waals surface area contributed by atoms with Gasteiger partial charge in [0.15, 0.2) is 23.2 Å². The SMILES string of the molecule is CCOP(=O)(OCC)OC[C@H](O)C[C@@H](COC(=O)Nc1cc(-c2ccccc2)on1)N(C)C(=O)NCc1cccc(F)c1F. The highest BCUT2D eigenvalue weighted by Gasteiger charge is 2.30. The van der Waals surface area contributed by atoms with Crippen LogP contribution in [0.5, 0.6) is 0 Å². The molecule has 0 spiro atoms. The maximum Gasteiger partial charge on any atom is 0.474 e. The fraction of sp³-hybridized carbons (Fsp3) is 0.393. The minimum atomic E-state index is -3.93. The van der Waals surface area contributed by atoms with Crippen molar-refractivity contribution in [2.45, 2.75) is 39.0 Å². The van der Waals surface area contributed by atoms with Gasteiger partial charge in [0, 0.05) is 30.8 Å². The Bertz CT molecular complexity index is 1400. The number of amides is 3.